The maximum Gasteiger partial charge on any atom is 0.324 e. The van der Waals surface area contributed by atoms with Crippen molar-refractivity contribution in [2.45, 2.75) is 52.4 Å². The van der Waals surface area contributed by atoms with E-state index in [9.17, 15) is 14.4 Å². The first-order chi connectivity index (χ1) is 9.95. The number of esters is 1. The number of carbonyl (C=O) groups is 3. The van der Waals surface area contributed by atoms with Crippen LogP contribution in [0.25, 0.3) is 0 Å². The molecule has 0 aromatic carbocycles. The van der Waals surface area contributed by atoms with Gasteiger partial charge in [0.2, 0.25) is 0 Å². The van der Waals surface area contributed by atoms with Gasteiger partial charge in [-0.05, 0) is 70.1 Å². The molecule has 0 saturated heterocycles. The average molecular weight is 292 g/mol. The summed E-state index contributed by atoms with van der Waals surface area (Å²) in [6.07, 6.45) is 6.33. The second kappa shape index (κ2) is 5.22. The van der Waals surface area contributed by atoms with Crippen molar-refractivity contribution in [1.29, 1.82) is 0 Å². The summed E-state index contributed by atoms with van der Waals surface area (Å²) in [6.45, 7) is 3.24. The lowest BCUT2D eigenvalue weighted by atomic mass is 9.47. The molecule has 0 amide bonds. The van der Waals surface area contributed by atoms with Crippen molar-refractivity contribution in [1.82, 2.24) is 0 Å². The Balaban J connectivity index is 1.86. The van der Waals surface area contributed by atoms with Gasteiger partial charge in [0.25, 0.3) is 0 Å². The highest BCUT2D eigenvalue weighted by Gasteiger charge is 2.57. The van der Waals surface area contributed by atoms with Crippen molar-refractivity contribution < 1.29 is 19.1 Å². The van der Waals surface area contributed by atoms with Crippen LogP contribution in [0.5, 0.6) is 0 Å². The van der Waals surface area contributed by atoms with Crippen molar-refractivity contribution in [3.05, 3.63) is 0 Å². The maximum absolute atomic E-state index is 13.0. The van der Waals surface area contributed by atoms with E-state index in [4.69, 9.17) is 4.74 Å². The molecule has 0 heterocycles. The van der Waals surface area contributed by atoms with Crippen LogP contribution < -0.4 is 0 Å². The van der Waals surface area contributed by atoms with E-state index in [1.54, 1.807) is 6.92 Å². The lowest BCUT2D eigenvalue weighted by Gasteiger charge is -2.56. The molecule has 0 aromatic rings. The number of carbonyl (C=O) groups excluding carboxylic acids is 3. The Labute approximate surface area is 125 Å². The van der Waals surface area contributed by atoms with Gasteiger partial charge in [-0.3, -0.25) is 14.4 Å². The standard InChI is InChI=1S/C17H24O4/c1-3-21-16(20)14(10(2)18)15(19)17-7-11-4-12(8-17)6-13(5-11)9-17/h11-14H,3-9H2,1-2H3. The summed E-state index contributed by atoms with van der Waals surface area (Å²) in [7, 11) is 0. The van der Waals surface area contributed by atoms with E-state index in [0.717, 1.165) is 19.3 Å². The van der Waals surface area contributed by atoms with E-state index in [-0.39, 0.29) is 18.2 Å². The number of hydrogen-bond acceptors (Lipinski definition) is 4. The first-order valence-electron chi connectivity index (χ1n) is 8.16. The summed E-state index contributed by atoms with van der Waals surface area (Å²) in [5.74, 6) is -0.492. The van der Waals surface area contributed by atoms with Gasteiger partial charge in [-0.2, -0.15) is 0 Å². The minimum absolute atomic E-state index is 0.146. The summed E-state index contributed by atoms with van der Waals surface area (Å²) in [4.78, 5) is 37.0. The third kappa shape index (κ3) is 2.43. The predicted octanol–water partition coefficient (Wildman–Crippen LogP) is 2.54. The molecule has 0 N–H and O–H groups in total. The van der Waals surface area contributed by atoms with Crippen LogP contribution in [-0.4, -0.2) is 24.1 Å². The summed E-state index contributed by atoms with van der Waals surface area (Å²) in [5.41, 5.74) is -0.419. The van der Waals surface area contributed by atoms with E-state index in [1.807, 2.05) is 0 Å². The highest BCUT2D eigenvalue weighted by atomic mass is 16.5. The van der Waals surface area contributed by atoms with Crippen molar-refractivity contribution >= 4 is 17.5 Å². The lowest BCUT2D eigenvalue weighted by Crippen LogP contribution is -2.53. The largest absolute Gasteiger partial charge is 0.465 e. The molecule has 0 aliphatic heterocycles. The zero-order valence-corrected chi connectivity index (χ0v) is 12.9. The number of ether oxygens (including phenoxy) is 1. The molecule has 4 heteroatoms. The van der Waals surface area contributed by atoms with Gasteiger partial charge < -0.3 is 4.74 Å². The van der Waals surface area contributed by atoms with Crippen LogP contribution >= 0.6 is 0 Å². The van der Waals surface area contributed by atoms with Crippen molar-refractivity contribution in [3.63, 3.8) is 0 Å². The topological polar surface area (TPSA) is 60.4 Å². The molecule has 4 saturated carbocycles. The maximum atomic E-state index is 13.0. The van der Waals surface area contributed by atoms with E-state index in [0.29, 0.717) is 17.8 Å². The van der Waals surface area contributed by atoms with Crippen LogP contribution in [0.1, 0.15) is 52.4 Å². The fourth-order valence-corrected chi connectivity index (χ4v) is 5.40. The van der Waals surface area contributed by atoms with Crippen LogP contribution in [0.3, 0.4) is 0 Å². The van der Waals surface area contributed by atoms with E-state index in [2.05, 4.69) is 0 Å². The normalized spacial score (nSPS) is 38.1. The number of hydrogen-bond donors (Lipinski definition) is 0. The molecule has 1 atom stereocenters. The fourth-order valence-electron chi connectivity index (χ4n) is 5.40. The molecule has 0 aromatic heterocycles. The Morgan fingerprint density at radius 2 is 1.52 bits per heavy atom. The molecular weight excluding hydrogens is 268 g/mol. The molecule has 0 radical (unpaired) electrons. The molecule has 0 spiro atoms. The Hall–Kier alpha value is -1.19. The van der Waals surface area contributed by atoms with E-state index < -0.39 is 17.3 Å². The molecule has 116 valence electrons. The van der Waals surface area contributed by atoms with Crippen LogP contribution in [-0.2, 0) is 19.1 Å². The van der Waals surface area contributed by atoms with Gasteiger partial charge in [-0.25, -0.2) is 0 Å². The molecule has 4 aliphatic rings. The minimum Gasteiger partial charge on any atom is -0.465 e. The zero-order valence-electron chi connectivity index (χ0n) is 12.9. The van der Waals surface area contributed by atoms with Gasteiger partial charge in [0, 0.05) is 5.41 Å². The van der Waals surface area contributed by atoms with Gasteiger partial charge in [-0.1, -0.05) is 0 Å². The summed E-state index contributed by atoms with van der Waals surface area (Å²) < 4.78 is 4.97. The van der Waals surface area contributed by atoms with E-state index >= 15 is 0 Å². The highest BCUT2D eigenvalue weighted by molar-refractivity contribution is 6.18. The Morgan fingerprint density at radius 3 is 1.90 bits per heavy atom. The molecule has 21 heavy (non-hydrogen) atoms. The van der Waals surface area contributed by atoms with Gasteiger partial charge >= 0.3 is 5.97 Å². The molecule has 4 nitrogen and oxygen atoms in total. The van der Waals surface area contributed by atoms with Gasteiger partial charge in [0.1, 0.15) is 0 Å². The van der Waals surface area contributed by atoms with Crippen molar-refractivity contribution in [2.75, 3.05) is 6.61 Å². The molecule has 1 unspecified atom stereocenters. The second-order valence-electron chi connectivity index (χ2n) is 7.36. The summed E-state index contributed by atoms with van der Waals surface area (Å²) in [6, 6.07) is 0. The van der Waals surface area contributed by atoms with E-state index in [1.165, 1.54) is 26.2 Å². The Morgan fingerprint density at radius 1 is 1.05 bits per heavy atom. The molecule has 4 rings (SSSR count). The van der Waals surface area contributed by atoms with Crippen molar-refractivity contribution in [3.8, 4) is 0 Å². The quantitative estimate of drug-likeness (QED) is 0.577. The first kappa shape index (κ1) is 14.7. The zero-order chi connectivity index (χ0) is 15.2. The molecule has 4 aliphatic carbocycles. The summed E-state index contributed by atoms with van der Waals surface area (Å²) >= 11 is 0. The fraction of sp³-hybridized carbons (Fsp3) is 0.824. The van der Waals surface area contributed by atoms with Crippen LogP contribution in [0.2, 0.25) is 0 Å². The lowest BCUT2D eigenvalue weighted by molar-refractivity contribution is -0.163. The van der Waals surface area contributed by atoms with Crippen molar-refractivity contribution in [2.24, 2.45) is 29.1 Å². The predicted molar refractivity (Wildman–Crippen MR) is 76.4 cm³/mol. The number of Topliss-reactive ketones (excluding diaryl/α,β-unsaturated/α-hetero) is 2. The molecular formula is C17H24O4. The SMILES string of the molecule is CCOC(=O)C(C(C)=O)C(=O)C12CC3CC(CC(C3)C1)C2. The van der Waals surface area contributed by atoms with Gasteiger partial charge in [0.05, 0.1) is 6.61 Å². The summed E-state index contributed by atoms with van der Waals surface area (Å²) in [5, 5.41) is 0. The third-order valence-corrected chi connectivity index (χ3v) is 5.75. The number of ketones is 2. The second-order valence-corrected chi connectivity index (χ2v) is 7.36. The molecule has 4 bridgehead atoms. The van der Waals surface area contributed by atoms with Crippen LogP contribution in [0, 0.1) is 29.1 Å². The average Bonchev–Trinajstić information content (AvgIpc) is 2.36. The van der Waals surface area contributed by atoms with Gasteiger partial charge in [-0.15, -0.1) is 0 Å². The monoisotopic (exact) mass is 292 g/mol. The Kier molecular flexibility index (Phi) is 3.66. The van der Waals surface area contributed by atoms with Crippen LogP contribution in [0.4, 0.5) is 0 Å². The number of rotatable bonds is 5. The Bertz CT molecular complexity index is 444. The highest BCUT2D eigenvalue weighted by Crippen LogP contribution is 2.61. The third-order valence-electron chi connectivity index (χ3n) is 5.75. The van der Waals surface area contributed by atoms with Gasteiger partial charge in [0.15, 0.2) is 17.5 Å². The first-order valence-corrected chi connectivity index (χ1v) is 8.16. The van der Waals surface area contributed by atoms with Crippen LogP contribution in [0.15, 0.2) is 0 Å². The molecule has 4 fully saturated rings. The smallest absolute Gasteiger partial charge is 0.324 e. The minimum atomic E-state index is -1.19.